The molecule has 0 amide bonds. The third-order valence-electron chi connectivity index (χ3n) is 6.76. The molecule has 5 rings (SSSR count). The van der Waals surface area contributed by atoms with Gasteiger partial charge in [-0.15, -0.1) is 0 Å². The Balaban J connectivity index is 1.98. The summed E-state index contributed by atoms with van der Waals surface area (Å²) < 4.78 is 168. The molecule has 0 aliphatic carbocycles. The van der Waals surface area contributed by atoms with Gasteiger partial charge in [-0.25, -0.2) is 4.99 Å². The smallest absolute Gasteiger partial charge is 0.326 e. The van der Waals surface area contributed by atoms with Crippen LogP contribution < -0.4 is 4.90 Å². The largest absolute Gasteiger partial charge is 0.418 e. The maximum atomic E-state index is 14.5. The first-order valence-corrected chi connectivity index (χ1v) is 12.5. The van der Waals surface area contributed by atoms with Crippen LogP contribution in [0.3, 0.4) is 0 Å². The van der Waals surface area contributed by atoms with E-state index in [-0.39, 0.29) is 47.2 Å². The van der Waals surface area contributed by atoms with Gasteiger partial charge in [0, 0.05) is 5.69 Å². The Morgan fingerprint density at radius 2 is 1.00 bits per heavy atom. The number of nitrogens with zero attached hydrogens (tertiary/aromatic N) is 2. The fourth-order valence-corrected chi connectivity index (χ4v) is 4.91. The van der Waals surface area contributed by atoms with Gasteiger partial charge in [0.1, 0.15) is 6.04 Å². The Morgan fingerprint density at radius 1 is 0.523 bits per heavy atom. The van der Waals surface area contributed by atoms with Crippen molar-refractivity contribution in [2.75, 3.05) is 4.90 Å². The SMILES string of the molecule is FC(F)(F)c1cc(N2c3c(cc(C(F)(F)F)cc3C(F)(F)F)N=C(c3ccccc3)[C@H]2c2ccccc2)cc(C(F)(F)F)c1. The molecule has 0 spiro atoms. The molecule has 230 valence electrons. The average molecular weight is 632 g/mol. The van der Waals surface area contributed by atoms with E-state index < -0.39 is 70.1 Å². The fraction of sp³-hybridized carbons (Fsp3) is 0.167. The van der Waals surface area contributed by atoms with Gasteiger partial charge in [-0.1, -0.05) is 60.7 Å². The monoisotopic (exact) mass is 632 g/mol. The minimum Gasteiger partial charge on any atom is -0.326 e. The van der Waals surface area contributed by atoms with Gasteiger partial charge in [0.25, 0.3) is 0 Å². The normalized spacial score (nSPS) is 16.0. The highest BCUT2D eigenvalue weighted by atomic mass is 19.4. The first kappa shape index (κ1) is 31.0. The Labute approximate surface area is 240 Å². The lowest BCUT2D eigenvalue weighted by molar-refractivity contribution is -0.144. The van der Waals surface area contributed by atoms with Gasteiger partial charge in [0.2, 0.25) is 0 Å². The Kier molecular flexibility index (Phi) is 7.45. The molecule has 1 heterocycles. The number of hydrogen-bond donors (Lipinski definition) is 0. The predicted octanol–water partition coefficient (Wildman–Crippen LogP) is 10.8. The summed E-state index contributed by atoms with van der Waals surface area (Å²) in [5.74, 6) is 0. The van der Waals surface area contributed by atoms with E-state index in [2.05, 4.69) is 4.99 Å². The first-order chi connectivity index (χ1) is 20.4. The molecule has 4 aromatic rings. The number of rotatable bonds is 3. The summed E-state index contributed by atoms with van der Waals surface area (Å²) in [5, 5.41) is 0. The summed E-state index contributed by atoms with van der Waals surface area (Å²) in [6.45, 7) is 0. The third-order valence-corrected chi connectivity index (χ3v) is 6.76. The number of aliphatic imine (C=N–C) groups is 1. The van der Waals surface area contributed by atoms with E-state index in [1.165, 1.54) is 54.6 Å². The van der Waals surface area contributed by atoms with Gasteiger partial charge in [-0.05, 0) is 41.5 Å². The van der Waals surface area contributed by atoms with Crippen molar-refractivity contribution in [2.45, 2.75) is 30.7 Å². The second-order valence-electron chi connectivity index (χ2n) is 9.70. The summed E-state index contributed by atoms with van der Waals surface area (Å²) in [6, 6.07) is 13.0. The van der Waals surface area contributed by atoms with Crippen molar-refractivity contribution in [2.24, 2.45) is 4.99 Å². The third kappa shape index (κ3) is 5.97. The van der Waals surface area contributed by atoms with Gasteiger partial charge in [-0.2, -0.15) is 52.7 Å². The molecule has 0 unspecified atom stereocenters. The van der Waals surface area contributed by atoms with E-state index in [0.29, 0.717) is 4.90 Å². The summed E-state index contributed by atoms with van der Waals surface area (Å²) in [4.78, 5) is 4.71. The molecule has 1 aliphatic heterocycles. The first-order valence-electron chi connectivity index (χ1n) is 12.5. The zero-order chi connectivity index (χ0) is 32.2. The molecule has 0 radical (unpaired) electrons. The summed E-state index contributed by atoms with van der Waals surface area (Å²) >= 11 is 0. The Hall–Kier alpha value is -4.49. The zero-order valence-corrected chi connectivity index (χ0v) is 21.7. The van der Waals surface area contributed by atoms with Gasteiger partial charge in [0.15, 0.2) is 0 Å². The zero-order valence-electron chi connectivity index (χ0n) is 21.7. The fourth-order valence-electron chi connectivity index (χ4n) is 4.91. The quantitative estimate of drug-likeness (QED) is 0.205. The minimum atomic E-state index is -5.54. The number of alkyl halides is 12. The summed E-state index contributed by atoms with van der Waals surface area (Å²) in [5.41, 5.74) is -10.5. The second kappa shape index (κ2) is 10.6. The second-order valence-corrected chi connectivity index (χ2v) is 9.70. The molecule has 0 saturated heterocycles. The number of fused-ring (bicyclic) bond motifs is 1. The maximum absolute atomic E-state index is 14.5. The molecule has 1 aliphatic rings. The van der Waals surface area contributed by atoms with E-state index in [4.69, 9.17) is 0 Å². The van der Waals surface area contributed by atoms with Crippen LogP contribution >= 0.6 is 0 Å². The van der Waals surface area contributed by atoms with Crippen molar-refractivity contribution in [1.29, 1.82) is 0 Å². The van der Waals surface area contributed by atoms with Gasteiger partial charge in [-0.3, -0.25) is 0 Å². The van der Waals surface area contributed by atoms with Crippen molar-refractivity contribution in [3.05, 3.63) is 124 Å². The highest BCUT2D eigenvalue weighted by Gasteiger charge is 2.46. The topological polar surface area (TPSA) is 15.6 Å². The standard InChI is InChI=1S/C30H16F12N2/c31-27(32,33)18-11-19(28(34,35)36)13-21(12-18)44-25(17-9-5-2-6-10-17)24(16-7-3-1-4-8-16)43-23-15-20(29(37,38)39)14-22(26(23)44)30(40,41)42/h1-15,25H/t25-/m1/s1. The molecule has 0 aromatic heterocycles. The Morgan fingerprint density at radius 3 is 1.48 bits per heavy atom. The lowest BCUT2D eigenvalue weighted by atomic mass is 9.89. The molecular formula is C30H16F12N2. The van der Waals surface area contributed by atoms with E-state index in [0.717, 1.165) is 0 Å². The molecule has 2 nitrogen and oxygen atoms in total. The van der Waals surface area contributed by atoms with Crippen LogP contribution in [0.2, 0.25) is 0 Å². The van der Waals surface area contributed by atoms with E-state index in [9.17, 15) is 52.7 Å². The van der Waals surface area contributed by atoms with Crippen LogP contribution in [-0.2, 0) is 24.7 Å². The van der Waals surface area contributed by atoms with Crippen LogP contribution in [0.5, 0.6) is 0 Å². The van der Waals surface area contributed by atoms with Crippen LogP contribution in [0.4, 0.5) is 69.7 Å². The van der Waals surface area contributed by atoms with Crippen molar-refractivity contribution in [1.82, 2.24) is 0 Å². The van der Waals surface area contributed by atoms with Gasteiger partial charge >= 0.3 is 24.7 Å². The van der Waals surface area contributed by atoms with Crippen LogP contribution in [0.15, 0.2) is 96.0 Å². The number of anilines is 2. The van der Waals surface area contributed by atoms with Crippen molar-refractivity contribution >= 4 is 22.8 Å². The lowest BCUT2D eigenvalue weighted by Gasteiger charge is -2.41. The highest BCUT2D eigenvalue weighted by Crippen LogP contribution is 2.54. The number of halogens is 12. The molecule has 0 bridgehead atoms. The van der Waals surface area contributed by atoms with Crippen LogP contribution in [0.25, 0.3) is 0 Å². The molecule has 0 fully saturated rings. The van der Waals surface area contributed by atoms with Crippen LogP contribution in [0, 0.1) is 0 Å². The molecule has 0 N–H and O–H groups in total. The maximum Gasteiger partial charge on any atom is 0.418 e. The molecule has 0 saturated carbocycles. The van der Waals surface area contributed by atoms with E-state index >= 15 is 0 Å². The van der Waals surface area contributed by atoms with Gasteiger partial charge in [0.05, 0.1) is 39.3 Å². The molecular weight excluding hydrogens is 616 g/mol. The van der Waals surface area contributed by atoms with Gasteiger partial charge < -0.3 is 4.90 Å². The molecule has 44 heavy (non-hydrogen) atoms. The molecule has 1 atom stereocenters. The molecule has 4 aromatic carbocycles. The predicted molar refractivity (Wildman–Crippen MR) is 137 cm³/mol. The van der Waals surface area contributed by atoms with Crippen molar-refractivity contribution < 1.29 is 52.7 Å². The molecule has 14 heteroatoms. The summed E-state index contributed by atoms with van der Waals surface area (Å²) in [6.07, 6.45) is -21.6. The van der Waals surface area contributed by atoms with E-state index in [1.54, 1.807) is 6.07 Å². The number of hydrogen-bond acceptors (Lipinski definition) is 2. The number of benzene rings is 4. The Bertz CT molecular complexity index is 1670. The van der Waals surface area contributed by atoms with Crippen molar-refractivity contribution in [3.8, 4) is 0 Å². The highest BCUT2D eigenvalue weighted by molar-refractivity contribution is 6.12. The summed E-state index contributed by atoms with van der Waals surface area (Å²) in [7, 11) is 0. The lowest BCUT2D eigenvalue weighted by Crippen LogP contribution is -2.35. The van der Waals surface area contributed by atoms with E-state index in [1.807, 2.05) is 0 Å². The van der Waals surface area contributed by atoms with Crippen LogP contribution in [0.1, 0.15) is 39.4 Å². The average Bonchev–Trinajstić information content (AvgIpc) is 2.94. The van der Waals surface area contributed by atoms with Crippen LogP contribution in [-0.4, -0.2) is 5.71 Å². The minimum absolute atomic E-state index is 0.0831. The van der Waals surface area contributed by atoms with Crippen molar-refractivity contribution in [3.63, 3.8) is 0 Å².